The highest BCUT2D eigenvalue weighted by Crippen LogP contribution is 2.38. The Kier molecular flexibility index (Phi) is 4.13. The molecular formula is C19H14F5N3O. The Morgan fingerprint density at radius 1 is 1.29 bits per heavy atom. The molecule has 1 fully saturated rings. The van der Waals surface area contributed by atoms with Gasteiger partial charge in [-0.1, -0.05) is 12.1 Å². The number of aromatic nitrogens is 2. The smallest absolute Gasteiger partial charge is 0.309 e. The van der Waals surface area contributed by atoms with Crippen molar-refractivity contribution in [1.29, 1.82) is 0 Å². The molecule has 4 rings (SSSR count). The first kappa shape index (κ1) is 18.4. The number of alkyl halides is 4. The number of imidazole rings is 1. The number of nitrogens with one attached hydrogen (secondary N) is 1. The van der Waals surface area contributed by atoms with Crippen LogP contribution in [0.5, 0.6) is 0 Å². The number of anilines is 1. The molecule has 1 aliphatic rings. The van der Waals surface area contributed by atoms with E-state index in [0.717, 1.165) is 10.5 Å². The lowest BCUT2D eigenvalue weighted by atomic mass is 10.00. The zero-order valence-corrected chi connectivity index (χ0v) is 14.5. The number of carbonyl (C=O) groups excluding carboxylic acids is 1. The van der Waals surface area contributed by atoms with Crippen molar-refractivity contribution in [3.8, 4) is 11.1 Å². The summed E-state index contributed by atoms with van der Waals surface area (Å²) in [6.45, 7) is 1.60. The monoisotopic (exact) mass is 395 g/mol. The predicted molar refractivity (Wildman–Crippen MR) is 92.0 cm³/mol. The first-order valence-electron chi connectivity index (χ1n) is 8.45. The summed E-state index contributed by atoms with van der Waals surface area (Å²) in [5.74, 6) is -2.21. The molecule has 2 aromatic heterocycles. The molecule has 4 nitrogen and oxygen atoms in total. The Morgan fingerprint density at radius 3 is 2.61 bits per heavy atom. The highest BCUT2D eigenvalue weighted by Gasteiger charge is 2.44. The molecule has 1 aromatic carbocycles. The van der Waals surface area contributed by atoms with Crippen LogP contribution in [0.2, 0.25) is 0 Å². The molecule has 28 heavy (non-hydrogen) atoms. The van der Waals surface area contributed by atoms with E-state index < -0.39 is 41.2 Å². The maximum absolute atomic E-state index is 14.3. The van der Waals surface area contributed by atoms with Crippen LogP contribution in [0.4, 0.5) is 27.8 Å². The van der Waals surface area contributed by atoms with Gasteiger partial charge in [-0.15, -0.1) is 0 Å². The first-order valence-corrected chi connectivity index (χ1v) is 8.45. The number of fused-ring (bicyclic) bond motifs is 1. The van der Waals surface area contributed by atoms with Crippen molar-refractivity contribution in [2.75, 3.05) is 5.32 Å². The molecule has 0 spiro atoms. The molecule has 2 unspecified atom stereocenters. The first-order chi connectivity index (χ1) is 13.1. The van der Waals surface area contributed by atoms with Crippen LogP contribution < -0.4 is 5.32 Å². The van der Waals surface area contributed by atoms with Crippen LogP contribution in [0, 0.1) is 18.7 Å². The van der Waals surface area contributed by atoms with Crippen LogP contribution in [0.15, 0.2) is 36.7 Å². The van der Waals surface area contributed by atoms with Gasteiger partial charge in [0, 0.05) is 17.3 Å². The molecule has 0 bridgehead atoms. The van der Waals surface area contributed by atoms with E-state index in [1.54, 1.807) is 13.0 Å². The molecular weight excluding hydrogens is 381 g/mol. The minimum atomic E-state index is -4.75. The number of hydrogen-bond acceptors (Lipinski definition) is 2. The molecule has 1 saturated carbocycles. The summed E-state index contributed by atoms with van der Waals surface area (Å²) in [6.07, 6.45) is -3.39. The lowest BCUT2D eigenvalue weighted by Crippen LogP contribution is -2.15. The van der Waals surface area contributed by atoms with E-state index in [4.69, 9.17) is 0 Å². The minimum Gasteiger partial charge on any atom is -0.309 e. The fraction of sp³-hybridized carbons (Fsp3) is 0.263. The van der Waals surface area contributed by atoms with Gasteiger partial charge in [-0.2, -0.15) is 13.2 Å². The Balaban J connectivity index is 1.84. The minimum absolute atomic E-state index is 0.0247. The average Bonchev–Trinajstić information content (AvgIpc) is 3.19. The fourth-order valence-electron chi connectivity index (χ4n) is 3.16. The molecule has 1 amide bonds. The second kappa shape index (κ2) is 6.29. The van der Waals surface area contributed by atoms with Gasteiger partial charge in [0.15, 0.2) is 11.5 Å². The molecule has 2 heterocycles. The second-order valence-electron chi connectivity index (χ2n) is 6.78. The van der Waals surface area contributed by atoms with Crippen LogP contribution >= 0.6 is 0 Å². The topological polar surface area (TPSA) is 46.4 Å². The molecule has 0 radical (unpaired) electrons. The van der Waals surface area contributed by atoms with Crippen LogP contribution in [0.1, 0.15) is 17.5 Å². The third-order valence-corrected chi connectivity index (χ3v) is 4.67. The van der Waals surface area contributed by atoms with E-state index in [2.05, 4.69) is 10.3 Å². The van der Waals surface area contributed by atoms with Gasteiger partial charge < -0.3 is 9.72 Å². The number of hydrogen-bond donors (Lipinski definition) is 1. The average molecular weight is 395 g/mol. The van der Waals surface area contributed by atoms with Crippen LogP contribution in [-0.2, 0) is 11.0 Å². The quantitative estimate of drug-likeness (QED) is 0.650. The van der Waals surface area contributed by atoms with Gasteiger partial charge in [0.05, 0.1) is 17.7 Å². The van der Waals surface area contributed by atoms with Crippen LogP contribution in [0.25, 0.3) is 16.8 Å². The van der Waals surface area contributed by atoms with Crippen molar-refractivity contribution < 1.29 is 26.7 Å². The number of aryl methyl sites for hydroxylation is 1. The number of benzene rings is 1. The summed E-state index contributed by atoms with van der Waals surface area (Å²) in [7, 11) is 0. The lowest BCUT2D eigenvalue weighted by Gasteiger charge is -2.13. The van der Waals surface area contributed by atoms with Crippen molar-refractivity contribution in [3.63, 3.8) is 0 Å². The number of rotatable bonds is 3. The summed E-state index contributed by atoms with van der Waals surface area (Å²) in [4.78, 5) is 15.7. The van der Waals surface area contributed by atoms with E-state index in [-0.39, 0.29) is 23.4 Å². The van der Waals surface area contributed by atoms with Crippen molar-refractivity contribution in [2.24, 2.45) is 5.92 Å². The standard InChI is InChI=1S/C19H14F5N3O/c1-9-3-2-4-13(20)16(9)10-5-12(19(22,23)24)17-25-15(8-27(17)7-10)26-18(28)11-6-14(11)21/h2-5,7-8,11,14H,6H2,1H3,(H,26,28). The van der Waals surface area contributed by atoms with Gasteiger partial charge in [-0.25, -0.2) is 13.8 Å². The number of amides is 1. The largest absolute Gasteiger partial charge is 0.420 e. The maximum atomic E-state index is 14.3. The van der Waals surface area contributed by atoms with Gasteiger partial charge in [0.1, 0.15) is 12.0 Å². The summed E-state index contributed by atoms with van der Waals surface area (Å²) >= 11 is 0. The van der Waals surface area contributed by atoms with Gasteiger partial charge >= 0.3 is 6.18 Å². The van der Waals surface area contributed by atoms with Crippen molar-refractivity contribution in [1.82, 2.24) is 9.38 Å². The Morgan fingerprint density at radius 2 is 2.00 bits per heavy atom. The van der Waals surface area contributed by atoms with Gasteiger partial charge in [-0.3, -0.25) is 4.79 Å². The SMILES string of the molecule is Cc1cccc(F)c1-c1cc(C(F)(F)F)c2nc(NC(=O)C3CC3F)cn2c1. The van der Waals surface area contributed by atoms with E-state index >= 15 is 0 Å². The second-order valence-corrected chi connectivity index (χ2v) is 6.78. The van der Waals surface area contributed by atoms with E-state index in [9.17, 15) is 26.7 Å². The lowest BCUT2D eigenvalue weighted by molar-refractivity contribution is -0.136. The van der Waals surface area contributed by atoms with Crippen LogP contribution in [-0.4, -0.2) is 21.5 Å². The molecule has 146 valence electrons. The number of halogens is 5. The molecule has 3 aromatic rings. The van der Waals surface area contributed by atoms with Gasteiger partial charge in [-0.05, 0) is 31.0 Å². The fourth-order valence-corrected chi connectivity index (χ4v) is 3.16. The van der Waals surface area contributed by atoms with Gasteiger partial charge in [0.25, 0.3) is 0 Å². The summed E-state index contributed by atoms with van der Waals surface area (Å²) in [5.41, 5.74) is -0.955. The molecule has 1 aliphatic carbocycles. The Labute approximate surface area is 156 Å². The van der Waals surface area contributed by atoms with Crippen molar-refractivity contribution >= 4 is 17.4 Å². The highest BCUT2D eigenvalue weighted by molar-refractivity contribution is 5.94. The zero-order chi connectivity index (χ0) is 20.2. The molecule has 0 saturated heterocycles. The Bertz CT molecular complexity index is 1070. The zero-order valence-electron chi connectivity index (χ0n) is 14.5. The molecule has 1 N–H and O–H groups in total. The normalized spacial score (nSPS) is 19.1. The number of pyridine rings is 1. The maximum Gasteiger partial charge on any atom is 0.420 e. The van der Waals surface area contributed by atoms with E-state index in [1.165, 1.54) is 24.5 Å². The third kappa shape index (κ3) is 3.21. The molecule has 2 atom stereocenters. The number of nitrogens with zero attached hydrogens (tertiary/aromatic N) is 2. The summed E-state index contributed by atoms with van der Waals surface area (Å²) < 4.78 is 69.1. The highest BCUT2D eigenvalue weighted by atomic mass is 19.4. The summed E-state index contributed by atoms with van der Waals surface area (Å²) in [6, 6.07) is 5.07. The van der Waals surface area contributed by atoms with Crippen LogP contribution in [0.3, 0.4) is 0 Å². The molecule has 9 heteroatoms. The van der Waals surface area contributed by atoms with E-state index in [0.29, 0.717) is 5.56 Å². The van der Waals surface area contributed by atoms with Crippen molar-refractivity contribution in [3.05, 3.63) is 53.6 Å². The Hall–Kier alpha value is -2.97. The summed E-state index contributed by atoms with van der Waals surface area (Å²) in [5, 5.41) is 2.33. The number of carbonyl (C=O) groups is 1. The van der Waals surface area contributed by atoms with Crippen molar-refractivity contribution in [2.45, 2.75) is 25.7 Å². The van der Waals surface area contributed by atoms with E-state index in [1.807, 2.05) is 0 Å². The predicted octanol–water partition coefficient (Wildman–Crippen LogP) is 4.76. The molecule has 0 aliphatic heterocycles. The third-order valence-electron chi connectivity index (χ3n) is 4.67. The van der Waals surface area contributed by atoms with Gasteiger partial charge in [0.2, 0.25) is 5.91 Å².